The minimum absolute atomic E-state index is 0.0435. The van der Waals surface area contributed by atoms with E-state index < -0.39 is 0 Å². The van der Waals surface area contributed by atoms with Gasteiger partial charge in [0.15, 0.2) is 5.78 Å². The SMILES string of the molecule is C=CCON=CCCCC1=C(O)CC(C)(C)C(C)C1=O. The summed E-state index contributed by atoms with van der Waals surface area (Å²) in [7, 11) is 0. The van der Waals surface area contributed by atoms with Crippen molar-refractivity contribution in [3.8, 4) is 0 Å². The fourth-order valence-corrected chi connectivity index (χ4v) is 2.29. The van der Waals surface area contributed by atoms with Crippen LogP contribution in [0.25, 0.3) is 0 Å². The third-order valence-corrected chi connectivity index (χ3v) is 3.94. The lowest BCUT2D eigenvalue weighted by molar-refractivity contribution is -0.123. The van der Waals surface area contributed by atoms with E-state index in [9.17, 15) is 9.90 Å². The molecule has 0 aromatic heterocycles. The summed E-state index contributed by atoms with van der Waals surface area (Å²) < 4.78 is 0. The molecule has 0 aliphatic heterocycles. The molecule has 1 atom stereocenters. The topological polar surface area (TPSA) is 58.9 Å². The van der Waals surface area contributed by atoms with Gasteiger partial charge in [0.05, 0.1) is 5.76 Å². The number of aliphatic hydroxyl groups is 1. The number of aliphatic hydroxyl groups excluding tert-OH is 1. The number of carbonyl (C=O) groups excluding carboxylic acids is 1. The van der Waals surface area contributed by atoms with E-state index >= 15 is 0 Å². The molecule has 0 fully saturated rings. The monoisotopic (exact) mass is 279 g/mol. The molecule has 0 heterocycles. The summed E-state index contributed by atoms with van der Waals surface area (Å²) in [5.74, 6) is 0.300. The first-order chi connectivity index (χ1) is 9.40. The molecule has 0 aromatic carbocycles. The Kier molecular flexibility index (Phi) is 5.99. The van der Waals surface area contributed by atoms with Crippen LogP contribution in [-0.4, -0.2) is 23.7 Å². The summed E-state index contributed by atoms with van der Waals surface area (Å²) in [5, 5.41) is 13.8. The van der Waals surface area contributed by atoms with E-state index in [1.54, 1.807) is 12.3 Å². The van der Waals surface area contributed by atoms with Gasteiger partial charge in [-0.15, -0.1) is 0 Å². The van der Waals surface area contributed by atoms with Crippen molar-refractivity contribution in [2.45, 2.75) is 46.5 Å². The highest BCUT2D eigenvalue weighted by molar-refractivity contribution is 5.98. The molecular formula is C16H25NO3. The Morgan fingerprint density at radius 1 is 1.55 bits per heavy atom. The zero-order valence-electron chi connectivity index (χ0n) is 12.7. The molecule has 1 N–H and O–H groups in total. The van der Waals surface area contributed by atoms with Crippen LogP contribution in [0.15, 0.2) is 29.1 Å². The summed E-state index contributed by atoms with van der Waals surface area (Å²) in [6, 6.07) is 0. The second kappa shape index (κ2) is 7.27. The molecular weight excluding hydrogens is 254 g/mol. The van der Waals surface area contributed by atoms with Crippen LogP contribution < -0.4 is 0 Å². The van der Waals surface area contributed by atoms with Gasteiger partial charge in [0.1, 0.15) is 6.61 Å². The number of unbranched alkanes of at least 4 members (excludes halogenated alkanes) is 1. The predicted molar refractivity (Wildman–Crippen MR) is 80.7 cm³/mol. The van der Waals surface area contributed by atoms with Crippen molar-refractivity contribution in [2.24, 2.45) is 16.5 Å². The van der Waals surface area contributed by atoms with Crippen LogP contribution in [0.2, 0.25) is 0 Å². The second-order valence-electron chi connectivity index (χ2n) is 5.94. The molecule has 112 valence electrons. The summed E-state index contributed by atoms with van der Waals surface area (Å²) in [5.41, 5.74) is 0.433. The van der Waals surface area contributed by atoms with Crippen LogP contribution in [-0.2, 0) is 9.63 Å². The maximum atomic E-state index is 12.3. The average molecular weight is 279 g/mol. The summed E-state index contributed by atoms with van der Waals surface area (Å²) in [4.78, 5) is 17.2. The Balaban J connectivity index is 2.49. The predicted octanol–water partition coefficient (Wildman–Crippen LogP) is 3.79. The number of nitrogens with zero attached hydrogens (tertiary/aromatic N) is 1. The van der Waals surface area contributed by atoms with Crippen molar-refractivity contribution in [3.05, 3.63) is 24.0 Å². The van der Waals surface area contributed by atoms with Crippen molar-refractivity contribution < 1.29 is 14.7 Å². The molecule has 0 spiro atoms. The molecule has 0 saturated carbocycles. The molecule has 1 rings (SSSR count). The van der Waals surface area contributed by atoms with Crippen LogP contribution in [0.4, 0.5) is 0 Å². The lowest BCUT2D eigenvalue weighted by Crippen LogP contribution is -2.35. The maximum Gasteiger partial charge on any atom is 0.165 e. The normalized spacial score (nSPS) is 22.4. The van der Waals surface area contributed by atoms with E-state index in [0.29, 0.717) is 25.0 Å². The Hall–Kier alpha value is -1.58. The van der Waals surface area contributed by atoms with Crippen LogP contribution >= 0.6 is 0 Å². The van der Waals surface area contributed by atoms with Crippen LogP contribution in [0.5, 0.6) is 0 Å². The standard InChI is InChI=1S/C16H25NO3/c1-5-10-20-17-9-7-6-8-13-14(18)11-16(3,4)12(2)15(13)19/h5,9,12,18H,1,6-8,10-11H2,2-4H3. The van der Waals surface area contributed by atoms with E-state index in [4.69, 9.17) is 4.84 Å². The molecule has 4 nitrogen and oxygen atoms in total. The minimum atomic E-state index is -0.162. The van der Waals surface area contributed by atoms with Gasteiger partial charge in [0.25, 0.3) is 0 Å². The number of oxime groups is 1. The number of rotatable bonds is 7. The molecule has 0 bridgehead atoms. The highest BCUT2D eigenvalue weighted by Gasteiger charge is 2.39. The molecule has 1 aliphatic rings. The van der Waals surface area contributed by atoms with Crippen molar-refractivity contribution in [3.63, 3.8) is 0 Å². The molecule has 0 aromatic rings. The van der Waals surface area contributed by atoms with Gasteiger partial charge in [-0.25, -0.2) is 0 Å². The van der Waals surface area contributed by atoms with Crippen molar-refractivity contribution in [1.82, 2.24) is 0 Å². The summed E-state index contributed by atoms with van der Waals surface area (Å²) in [6.45, 7) is 9.90. The van der Waals surface area contributed by atoms with E-state index in [1.165, 1.54) is 0 Å². The maximum absolute atomic E-state index is 12.3. The van der Waals surface area contributed by atoms with Crippen molar-refractivity contribution >= 4 is 12.0 Å². The molecule has 20 heavy (non-hydrogen) atoms. The number of carbonyl (C=O) groups is 1. The van der Waals surface area contributed by atoms with Gasteiger partial charge < -0.3 is 9.94 Å². The van der Waals surface area contributed by atoms with Gasteiger partial charge >= 0.3 is 0 Å². The van der Waals surface area contributed by atoms with Crippen molar-refractivity contribution in [2.75, 3.05) is 6.61 Å². The number of Topliss-reactive ketones (excluding diaryl/α,β-unsaturated/α-hetero) is 1. The smallest absolute Gasteiger partial charge is 0.165 e. The van der Waals surface area contributed by atoms with Gasteiger partial charge in [-0.05, 0) is 24.7 Å². The second-order valence-corrected chi connectivity index (χ2v) is 5.94. The van der Waals surface area contributed by atoms with Crippen LogP contribution in [0.1, 0.15) is 46.5 Å². The number of hydrogen-bond acceptors (Lipinski definition) is 4. The van der Waals surface area contributed by atoms with E-state index in [-0.39, 0.29) is 22.9 Å². The Morgan fingerprint density at radius 3 is 2.90 bits per heavy atom. The molecule has 1 unspecified atom stereocenters. The third-order valence-electron chi connectivity index (χ3n) is 3.94. The lowest BCUT2D eigenvalue weighted by Gasteiger charge is -2.35. The fraction of sp³-hybridized carbons (Fsp3) is 0.625. The van der Waals surface area contributed by atoms with Gasteiger partial charge in [-0.1, -0.05) is 38.6 Å². The third kappa shape index (κ3) is 4.22. The first-order valence-electron chi connectivity index (χ1n) is 7.10. The highest BCUT2D eigenvalue weighted by Crippen LogP contribution is 2.41. The van der Waals surface area contributed by atoms with E-state index in [0.717, 1.165) is 12.8 Å². The van der Waals surface area contributed by atoms with E-state index in [2.05, 4.69) is 11.7 Å². The largest absolute Gasteiger partial charge is 0.512 e. The number of ketones is 1. The highest BCUT2D eigenvalue weighted by atomic mass is 16.6. The average Bonchev–Trinajstić information content (AvgIpc) is 2.38. The molecule has 1 aliphatic carbocycles. The van der Waals surface area contributed by atoms with Gasteiger partial charge in [-0.2, -0.15) is 0 Å². The lowest BCUT2D eigenvalue weighted by atomic mass is 9.68. The summed E-state index contributed by atoms with van der Waals surface area (Å²) in [6.07, 6.45) is 5.98. The van der Waals surface area contributed by atoms with Crippen LogP contribution in [0.3, 0.4) is 0 Å². The Labute approximate surface area is 121 Å². The minimum Gasteiger partial charge on any atom is -0.512 e. The Bertz CT molecular complexity index is 421. The first-order valence-corrected chi connectivity index (χ1v) is 7.10. The van der Waals surface area contributed by atoms with Crippen molar-refractivity contribution in [1.29, 1.82) is 0 Å². The zero-order chi connectivity index (χ0) is 15.2. The van der Waals surface area contributed by atoms with E-state index in [1.807, 2.05) is 20.8 Å². The van der Waals surface area contributed by atoms with Gasteiger partial charge in [-0.3, -0.25) is 4.79 Å². The zero-order valence-corrected chi connectivity index (χ0v) is 12.7. The van der Waals surface area contributed by atoms with Gasteiger partial charge in [0.2, 0.25) is 0 Å². The fourth-order valence-electron chi connectivity index (χ4n) is 2.29. The number of hydrogen-bond donors (Lipinski definition) is 1. The first kappa shape index (κ1) is 16.5. The summed E-state index contributed by atoms with van der Waals surface area (Å²) >= 11 is 0. The molecule has 0 amide bonds. The quantitative estimate of drug-likeness (QED) is 0.334. The number of allylic oxidation sites excluding steroid dienone is 2. The van der Waals surface area contributed by atoms with Crippen LogP contribution in [0, 0.1) is 11.3 Å². The molecule has 0 saturated heterocycles. The van der Waals surface area contributed by atoms with Gasteiger partial charge in [0, 0.05) is 24.1 Å². The molecule has 4 heteroatoms. The molecule has 0 radical (unpaired) electrons. The Morgan fingerprint density at radius 2 is 2.25 bits per heavy atom.